The molecule has 0 amide bonds. The SMILES string of the molecule is Fc1cccc(-c2n[nH]c(C3CCC(NSN4CCOCC4)CC3)c2Cl)c1. The van der Waals surface area contributed by atoms with Crippen LogP contribution in [0.15, 0.2) is 24.3 Å². The van der Waals surface area contributed by atoms with Crippen LogP contribution in [0, 0.1) is 5.82 Å². The summed E-state index contributed by atoms with van der Waals surface area (Å²) in [5.41, 5.74) is 2.32. The Morgan fingerprint density at radius 1 is 1.22 bits per heavy atom. The van der Waals surface area contributed by atoms with Gasteiger partial charge in [0.2, 0.25) is 0 Å². The fraction of sp³-hybridized carbons (Fsp3) is 0.526. The zero-order valence-electron chi connectivity index (χ0n) is 15.1. The zero-order valence-corrected chi connectivity index (χ0v) is 16.7. The van der Waals surface area contributed by atoms with Crippen LogP contribution >= 0.6 is 23.7 Å². The first-order chi connectivity index (χ1) is 13.2. The van der Waals surface area contributed by atoms with Gasteiger partial charge in [-0.2, -0.15) is 5.10 Å². The lowest BCUT2D eigenvalue weighted by atomic mass is 9.84. The molecule has 1 saturated heterocycles. The summed E-state index contributed by atoms with van der Waals surface area (Å²) >= 11 is 8.32. The molecule has 2 fully saturated rings. The number of rotatable bonds is 5. The van der Waals surface area contributed by atoms with E-state index in [1.807, 2.05) is 6.07 Å². The van der Waals surface area contributed by atoms with Crippen molar-refractivity contribution in [1.82, 2.24) is 19.2 Å². The third-order valence-electron chi connectivity index (χ3n) is 5.28. The van der Waals surface area contributed by atoms with Gasteiger partial charge in [-0.25, -0.2) is 13.4 Å². The number of hydrogen-bond acceptors (Lipinski definition) is 5. The molecular formula is C19H24ClFN4OS. The van der Waals surface area contributed by atoms with Crippen molar-refractivity contribution in [3.8, 4) is 11.3 Å². The molecule has 2 aliphatic rings. The fourth-order valence-electron chi connectivity index (χ4n) is 3.73. The van der Waals surface area contributed by atoms with Crippen LogP contribution < -0.4 is 4.72 Å². The quantitative estimate of drug-likeness (QED) is 0.716. The van der Waals surface area contributed by atoms with E-state index in [1.54, 1.807) is 18.2 Å². The van der Waals surface area contributed by atoms with E-state index in [2.05, 4.69) is 19.2 Å². The summed E-state index contributed by atoms with van der Waals surface area (Å²) in [5.74, 6) is 0.0937. The minimum absolute atomic E-state index is 0.280. The number of nitrogens with one attached hydrogen (secondary N) is 2. The second-order valence-corrected chi connectivity index (χ2v) is 8.42. The van der Waals surface area contributed by atoms with Crippen LogP contribution in [0.25, 0.3) is 11.3 Å². The van der Waals surface area contributed by atoms with Crippen LogP contribution in [0.5, 0.6) is 0 Å². The molecule has 1 saturated carbocycles. The standard InChI is InChI=1S/C19H24ClFN4OS/c20-17-18(22-23-19(17)14-2-1-3-15(21)12-14)13-4-6-16(7-5-13)24-27-25-8-10-26-11-9-25/h1-3,12-13,16,24H,4-11H2,(H,22,23). The highest BCUT2D eigenvalue weighted by Gasteiger charge is 2.27. The van der Waals surface area contributed by atoms with Crippen molar-refractivity contribution < 1.29 is 9.13 Å². The van der Waals surface area contributed by atoms with Crippen LogP contribution in [0.1, 0.15) is 37.3 Å². The van der Waals surface area contributed by atoms with E-state index in [0.717, 1.165) is 57.7 Å². The van der Waals surface area contributed by atoms with Gasteiger partial charge in [0.25, 0.3) is 0 Å². The number of nitrogens with zero attached hydrogens (tertiary/aromatic N) is 2. The Bertz CT molecular complexity index is 760. The van der Waals surface area contributed by atoms with Crippen LogP contribution in [0.4, 0.5) is 4.39 Å². The summed E-state index contributed by atoms with van der Waals surface area (Å²) in [4.78, 5) is 0. The van der Waals surface area contributed by atoms with Crippen molar-refractivity contribution in [2.45, 2.75) is 37.6 Å². The Labute approximate surface area is 168 Å². The molecule has 146 valence electrons. The maximum Gasteiger partial charge on any atom is 0.123 e. The maximum atomic E-state index is 13.5. The second kappa shape index (κ2) is 8.92. The minimum atomic E-state index is -0.280. The predicted octanol–water partition coefficient (Wildman–Crippen LogP) is 4.38. The number of ether oxygens (including phenoxy) is 1. The molecule has 0 unspecified atom stereocenters. The average Bonchev–Trinajstić information content (AvgIpc) is 3.09. The molecule has 0 atom stereocenters. The van der Waals surface area contributed by atoms with Gasteiger partial charge in [-0.15, -0.1) is 0 Å². The van der Waals surface area contributed by atoms with Gasteiger partial charge in [0.15, 0.2) is 0 Å². The summed E-state index contributed by atoms with van der Waals surface area (Å²) in [6, 6.07) is 6.92. The highest BCUT2D eigenvalue weighted by molar-refractivity contribution is 7.95. The normalized spacial score (nSPS) is 24.2. The second-order valence-electron chi connectivity index (χ2n) is 7.11. The van der Waals surface area contributed by atoms with Crippen LogP contribution in [-0.2, 0) is 4.74 Å². The largest absolute Gasteiger partial charge is 0.379 e. The lowest BCUT2D eigenvalue weighted by molar-refractivity contribution is 0.0768. The van der Waals surface area contributed by atoms with E-state index < -0.39 is 0 Å². The van der Waals surface area contributed by atoms with Crippen molar-refractivity contribution in [2.75, 3.05) is 26.3 Å². The Balaban J connectivity index is 1.33. The fourth-order valence-corrected chi connectivity index (χ4v) is 4.94. The average molecular weight is 411 g/mol. The number of aromatic nitrogens is 2. The first-order valence-electron chi connectivity index (χ1n) is 9.45. The molecule has 1 aromatic heterocycles. The summed E-state index contributed by atoms with van der Waals surface area (Å²) < 4.78 is 24.8. The Hall–Kier alpha value is -1.12. The van der Waals surface area contributed by atoms with Crippen molar-refractivity contribution in [1.29, 1.82) is 0 Å². The summed E-state index contributed by atoms with van der Waals surface area (Å²) in [5, 5.41) is 8.09. The summed E-state index contributed by atoms with van der Waals surface area (Å²) in [6.45, 7) is 3.57. The first-order valence-corrected chi connectivity index (χ1v) is 10.6. The van der Waals surface area contributed by atoms with E-state index in [1.165, 1.54) is 12.1 Å². The number of halogens is 2. The first kappa shape index (κ1) is 19.2. The highest BCUT2D eigenvalue weighted by atomic mass is 35.5. The Kier molecular flexibility index (Phi) is 6.35. The number of benzene rings is 1. The molecule has 5 nitrogen and oxygen atoms in total. The molecule has 0 bridgehead atoms. The molecule has 2 N–H and O–H groups in total. The Morgan fingerprint density at radius 3 is 2.74 bits per heavy atom. The van der Waals surface area contributed by atoms with E-state index in [9.17, 15) is 4.39 Å². The van der Waals surface area contributed by atoms with Gasteiger partial charge in [-0.05, 0) is 37.8 Å². The minimum Gasteiger partial charge on any atom is -0.379 e. The molecule has 0 radical (unpaired) electrons. The van der Waals surface area contributed by atoms with Gasteiger partial charge < -0.3 is 4.74 Å². The molecule has 1 aromatic carbocycles. The highest BCUT2D eigenvalue weighted by Crippen LogP contribution is 2.39. The number of H-pyrrole nitrogens is 1. The van der Waals surface area contributed by atoms with Crippen LogP contribution in [0.3, 0.4) is 0 Å². The smallest absolute Gasteiger partial charge is 0.123 e. The number of morpholine rings is 1. The number of hydrogen-bond donors (Lipinski definition) is 2. The summed E-state index contributed by atoms with van der Waals surface area (Å²) in [6.07, 6.45) is 4.33. The van der Waals surface area contributed by atoms with E-state index in [4.69, 9.17) is 16.3 Å². The van der Waals surface area contributed by atoms with Crippen molar-refractivity contribution >= 4 is 23.7 Å². The molecule has 27 heavy (non-hydrogen) atoms. The van der Waals surface area contributed by atoms with Gasteiger partial charge in [0.05, 0.1) is 23.9 Å². The molecule has 2 aromatic rings. The monoisotopic (exact) mass is 410 g/mol. The predicted molar refractivity (Wildman–Crippen MR) is 107 cm³/mol. The molecule has 8 heteroatoms. The molecule has 2 heterocycles. The van der Waals surface area contributed by atoms with Gasteiger partial charge in [0, 0.05) is 42.7 Å². The van der Waals surface area contributed by atoms with E-state index in [-0.39, 0.29) is 5.82 Å². The number of aromatic amines is 1. The zero-order chi connectivity index (χ0) is 18.6. The Morgan fingerprint density at radius 2 is 2.00 bits per heavy atom. The third kappa shape index (κ3) is 4.66. The van der Waals surface area contributed by atoms with Crippen LogP contribution in [0.2, 0.25) is 5.02 Å². The molecular weight excluding hydrogens is 387 g/mol. The van der Waals surface area contributed by atoms with Gasteiger partial charge >= 0.3 is 0 Å². The topological polar surface area (TPSA) is 53.2 Å². The van der Waals surface area contributed by atoms with Gasteiger partial charge in [-0.1, -0.05) is 23.7 Å². The summed E-state index contributed by atoms with van der Waals surface area (Å²) in [7, 11) is 0. The lowest BCUT2D eigenvalue weighted by Crippen LogP contribution is -2.37. The maximum absolute atomic E-state index is 13.5. The van der Waals surface area contributed by atoms with Crippen molar-refractivity contribution in [3.63, 3.8) is 0 Å². The third-order valence-corrected chi connectivity index (χ3v) is 6.73. The van der Waals surface area contributed by atoms with Crippen LogP contribution in [-0.4, -0.2) is 46.8 Å². The van der Waals surface area contributed by atoms with Gasteiger partial charge in [-0.3, -0.25) is 5.10 Å². The molecule has 1 aliphatic heterocycles. The molecule has 4 rings (SSSR count). The lowest BCUT2D eigenvalue weighted by Gasteiger charge is -2.31. The molecule has 1 aliphatic carbocycles. The van der Waals surface area contributed by atoms with Gasteiger partial charge in [0.1, 0.15) is 11.5 Å². The van der Waals surface area contributed by atoms with Crippen molar-refractivity contribution in [2.24, 2.45) is 0 Å². The molecule has 0 spiro atoms. The van der Waals surface area contributed by atoms with Crippen molar-refractivity contribution in [3.05, 3.63) is 40.8 Å². The van der Waals surface area contributed by atoms with E-state index in [0.29, 0.717) is 28.2 Å². The van der Waals surface area contributed by atoms with E-state index >= 15 is 0 Å².